The molecule has 1 aliphatic rings. The van der Waals surface area contributed by atoms with Gasteiger partial charge in [0, 0.05) is 17.7 Å². The monoisotopic (exact) mass is 185 g/mol. The second kappa shape index (κ2) is 3.35. The van der Waals surface area contributed by atoms with E-state index >= 15 is 0 Å². The number of hydrogen-bond donors (Lipinski definition) is 1. The lowest BCUT2D eigenvalue weighted by Crippen LogP contribution is -2.10. The van der Waals surface area contributed by atoms with Gasteiger partial charge in [0.2, 0.25) is 0 Å². The van der Waals surface area contributed by atoms with Gasteiger partial charge in [0.25, 0.3) is 0 Å². The molecule has 0 amide bonds. The van der Waals surface area contributed by atoms with Crippen molar-refractivity contribution in [1.29, 1.82) is 0 Å². The van der Waals surface area contributed by atoms with Gasteiger partial charge in [-0.3, -0.25) is 0 Å². The highest BCUT2D eigenvalue weighted by molar-refractivity contribution is 5.96. The van der Waals surface area contributed by atoms with Gasteiger partial charge in [0.1, 0.15) is 17.6 Å². The van der Waals surface area contributed by atoms with Crippen LogP contribution in [0, 0.1) is 0 Å². The van der Waals surface area contributed by atoms with Gasteiger partial charge in [-0.15, -0.1) is 0 Å². The zero-order valence-electron chi connectivity index (χ0n) is 7.33. The molecule has 1 N–H and O–H groups in total. The maximum absolute atomic E-state index is 10.7. The summed E-state index contributed by atoms with van der Waals surface area (Å²) in [6, 6.07) is 7.31. The average Bonchev–Trinajstić information content (AvgIpc) is 2.27. The topological polar surface area (TPSA) is 46.2 Å². The van der Waals surface area contributed by atoms with E-state index in [0.29, 0.717) is 11.3 Å². The van der Waals surface area contributed by atoms with Crippen molar-refractivity contribution >= 4 is 23.1 Å². The van der Waals surface area contributed by atoms with Gasteiger partial charge >= 0.3 is 0 Å². The van der Waals surface area contributed by atoms with Crippen LogP contribution in [0.1, 0.15) is 12.0 Å². The van der Waals surface area contributed by atoms with E-state index in [1.54, 1.807) is 5.94 Å². The highest BCUT2D eigenvalue weighted by Gasteiger charge is 2.17. The minimum absolute atomic E-state index is 0.282. The fraction of sp³-hybridized carbons (Fsp3) is 0.0909. The Bertz CT molecular complexity index is 478. The lowest BCUT2D eigenvalue weighted by atomic mass is 9.97. The molecule has 68 valence electrons. The van der Waals surface area contributed by atoms with Crippen LogP contribution in [0.5, 0.6) is 0 Å². The van der Waals surface area contributed by atoms with Gasteiger partial charge in [-0.2, -0.15) is 0 Å². The van der Waals surface area contributed by atoms with Crippen molar-refractivity contribution in [3.8, 4) is 0 Å². The predicted molar refractivity (Wildman–Crippen MR) is 53.0 cm³/mol. The summed E-state index contributed by atoms with van der Waals surface area (Å²) in [6.45, 7) is 0. The van der Waals surface area contributed by atoms with Gasteiger partial charge in [0.15, 0.2) is 0 Å². The van der Waals surface area contributed by atoms with Gasteiger partial charge in [-0.25, -0.2) is 9.59 Å². The summed E-state index contributed by atoms with van der Waals surface area (Å²) < 4.78 is 0. The lowest BCUT2D eigenvalue weighted by Gasteiger charge is -2.18. The SMILES string of the molecule is O=C=C1CC(=C=O)c2ccccc2N1. The van der Waals surface area contributed by atoms with Crippen molar-refractivity contribution in [2.75, 3.05) is 5.32 Å². The molecule has 1 aliphatic heterocycles. The number of allylic oxidation sites excluding steroid dienone is 1. The standard InChI is InChI=1S/C11H7NO2/c13-6-8-5-9(7-14)12-11-4-2-1-3-10(8)11/h1-4,12H,5H2. The van der Waals surface area contributed by atoms with E-state index < -0.39 is 0 Å². The van der Waals surface area contributed by atoms with Crippen LogP contribution in [-0.2, 0) is 9.59 Å². The molecule has 0 bridgehead atoms. The number of hydrogen-bond acceptors (Lipinski definition) is 3. The van der Waals surface area contributed by atoms with Crippen LogP contribution >= 0.6 is 0 Å². The van der Waals surface area contributed by atoms with Gasteiger partial charge in [-0.1, -0.05) is 18.2 Å². The molecule has 3 nitrogen and oxygen atoms in total. The number of carbonyl (C=O) groups excluding carboxylic acids is 2. The summed E-state index contributed by atoms with van der Waals surface area (Å²) in [7, 11) is 0. The van der Waals surface area contributed by atoms with E-state index in [9.17, 15) is 9.59 Å². The number of rotatable bonds is 0. The number of anilines is 1. The Balaban J connectivity index is 2.62. The van der Waals surface area contributed by atoms with Crippen molar-refractivity contribution < 1.29 is 9.59 Å². The summed E-state index contributed by atoms with van der Waals surface area (Å²) in [5.41, 5.74) is 2.44. The molecule has 1 heterocycles. The summed E-state index contributed by atoms with van der Waals surface area (Å²) in [4.78, 5) is 21.1. The molecule has 3 heteroatoms. The molecule has 0 fully saturated rings. The predicted octanol–water partition coefficient (Wildman–Crippen LogP) is 1.43. The second-order valence-corrected chi connectivity index (χ2v) is 3.01. The number of para-hydroxylation sites is 1. The van der Waals surface area contributed by atoms with Crippen molar-refractivity contribution in [1.82, 2.24) is 0 Å². The van der Waals surface area contributed by atoms with E-state index in [0.717, 1.165) is 11.3 Å². The zero-order valence-corrected chi connectivity index (χ0v) is 7.33. The molecule has 0 atom stereocenters. The molecule has 0 radical (unpaired) electrons. The first-order chi connectivity index (χ1) is 6.85. The molecule has 0 saturated heterocycles. The van der Waals surface area contributed by atoms with Crippen molar-refractivity contribution in [3.63, 3.8) is 0 Å². The molecular formula is C11H7NO2. The van der Waals surface area contributed by atoms with E-state index in [4.69, 9.17) is 0 Å². The maximum Gasteiger partial charge on any atom is 0.146 e. The third-order valence-corrected chi connectivity index (χ3v) is 2.14. The minimum Gasteiger partial charge on any atom is -0.349 e. The highest BCUT2D eigenvalue weighted by atomic mass is 16.1. The third-order valence-electron chi connectivity index (χ3n) is 2.14. The summed E-state index contributed by atoms with van der Waals surface area (Å²) in [5.74, 6) is 3.62. The van der Waals surface area contributed by atoms with E-state index in [1.807, 2.05) is 30.2 Å². The molecule has 0 saturated carbocycles. The third kappa shape index (κ3) is 1.27. The molecular weight excluding hydrogens is 178 g/mol. The highest BCUT2D eigenvalue weighted by Crippen LogP contribution is 2.31. The van der Waals surface area contributed by atoms with Crippen molar-refractivity contribution in [2.45, 2.75) is 6.42 Å². The van der Waals surface area contributed by atoms with Gasteiger partial charge in [0.05, 0.1) is 5.57 Å². The van der Waals surface area contributed by atoms with Crippen LogP contribution in [0.4, 0.5) is 5.69 Å². The number of benzene rings is 1. The summed E-state index contributed by atoms with van der Waals surface area (Å²) in [5, 5.41) is 2.90. The van der Waals surface area contributed by atoms with Crippen LogP contribution < -0.4 is 5.32 Å². The van der Waals surface area contributed by atoms with Crippen molar-refractivity contribution in [2.24, 2.45) is 0 Å². The van der Waals surface area contributed by atoms with Crippen LogP contribution in [0.2, 0.25) is 0 Å². The maximum atomic E-state index is 10.7. The Labute approximate surface area is 80.7 Å². The van der Waals surface area contributed by atoms with E-state index in [2.05, 4.69) is 5.32 Å². The molecule has 0 aromatic heterocycles. The first kappa shape index (κ1) is 8.52. The number of nitrogens with one attached hydrogen (secondary N) is 1. The molecule has 0 spiro atoms. The first-order valence-electron chi connectivity index (χ1n) is 4.19. The molecule has 2 rings (SSSR count). The normalized spacial score (nSPS) is 13.7. The molecule has 1 aromatic rings. The first-order valence-corrected chi connectivity index (χ1v) is 4.19. The van der Waals surface area contributed by atoms with E-state index in [1.165, 1.54) is 0 Å². The quantitative estimate of drug-likeness (QED) is 0.622. The van der Waals surface area contributed by atoms with Crippen molar-refractivity contribution in [3.05, 3.63) is 35.5 Å². The Hall–Kier alpha value is -2.08. The lowest BCUT2D eigenvalue weighted by molar-refractivity contribution is 0.566. The Morgan fingerprint density at radius 3 is 2.64 bits per heavy atom. The number of fused-ring (bicyclic) bond motifs is 1. The molecule has 14 heavy (non-hydrogen) atoms. The van der Waals surface area contributed by atoms with Crippen LogP contribution in [0.3, 0.4) is 0 Å². The van der Waals surface area contributed by atoms with Gasteiger partial charge < -0.3 is 5.32 Å². The molecule has 1 aromatic carbocycles. The molecule has 0 aliphatic carbocycles. The zero-order chi connectivity index (χ0) is 9.97. The smallest absolute Gasteiger partial charge is 0.146 e. The van der Waals surface area contributed by atoms with E-state index in [-0.39, 0.29) is 6.42 Å². The second-order valence-electron chi connectivity index (χ2n) is 3.01. The summed E-state index contributed by atoms with van der Waals surface area (Å²) >= 11 is 0. The fourth-order valence-corrected chi connectivity index (χ4v) is 1.49. The van der Waals surface area contributed by atoms with Crippen LogP contribution in [0.15, 0.2) is 30.0 Å². The van der Waals surface area contributed by atoms with Crippen LogP contribution in [-0.4, -0.2) is 11.9 Å². The fourth-order valence-electron chi connectivity index (χ4n) is 1.49. The van der Waals surface area contributed by atoms with Gasteiger partial charge in [-0.05, 0) is 6.07 Å². The molecule has 0 unspecified atom stereocenters. The average molecular weight is 185 g/mol. The Kier molecular flexibility index (Phi) is 2.04. The summed E-state index contributed by atoms with van der Waals surface area (Å²) in [6.07, 6.45) is 0.282. The minimum atomic E-state index is 0.282. The van der Waals surface area contributed by atoms with Crippen LogP contribution in [0.25, 0.3) is 5.57 Å². The Morgan fingerprint density at radius 1 is 1.14 bits per heavy atom. The Morgan fingerprint density at radius 2 is 1.93 bits per heavy atom. The largest absolute Gasteiger partial charge is 0.349 e.